The minimum Gasteiger partial charge on any atom is -0.493 e. The van der Waals surface area contributed by atoms with E-state index in [2.05, 4.69) is 5.32 Å². The van der Waals surface area contributed by atoms with Gasteiger partial charge >= 0.3 is 5.97 Å². The van der Waals surface area contributed by atoms with Gasteiger partial charge in [-0.05, 0) is 43.7 Å². The first-order chi connectivity index (χ1) is 12.5. The molecular weight excluding hydrogens is 336 g/mol. The standard InChI is InChI=1S/C19H24N2O5/c1-2-26-16-6-4-3-5-13(16)18(23)20-9-17(22)21-10-14(12-7-8-12)15(11-21)19(24)25/h3-6,12,14-15H,2,7-11H2,1H3,(H,20,23)(H,24,25)/t14-,15+/m1/s1. The Balaban J connectivity index is 1.57. The fourth-order valence-electron chi connectivity index (χ4n) is 3.59. The third kappa shape index (κ3) is 3.98. The molecule has 2 aliphatic rings. The molecule has 2 N–H and O–H groups in total. The van der Waals surface area contributed by atoms with Gasteiger partial charge in [-0.1, -0.05) is 12.1 Å². The molecule has 0 spiro atoms. The predicted octanol–water partition coefficient (Wildman–Crippen LogP) is 1.38. The minimum absolute atomic E-state index is 0.0332. The molecule has 26 heavy (non-hydrogen) atoms. The van der Waals surface area contributed by atoms with Crippen LogP contribution in [-0.2, 0) is 9.59 Å². The van der Waals surface area contributed by atoms with Crippen LogP contribution in [-0.4, -0.2) is 54.0 Å². The first-order valence-corrected chi connectivity index (χ1v) is 9.01. The number of likely N-dealkylation sites (tertiary alicyclic amines) is 1. The van der Waals surface area contributed by atoms with Gasteiger partial charge in [0.05, 0.1) is 24.6 Å². The second-order valence-corrected chi connectivity index (χ2v) is 6.86. The van der Waals surface area contributed by atoms with Crippen molar-refractivity contribution >= 4 is 17.8 Å². The van der Waals surface area contributed by atoms with Crippen molar-refractivity contribution in [2.24, 2.45) is 17.8 Å². The minimum atomic E-state index is -0.841. The van der Waals surface area contributed by atoms with Crippen molar-refractivity contribution in [3.8, 4) is 5.75 Å². The van der Waals surface area contributed by atoms with Gasteiger partial charge in [-0.25, -0.2) is 0 Å². The average Bonchev–Trinajstić information content (AvgIpc) is 3.38. The summed E-state index contributed by atoms with van der Waals surface area (Å²) in [4.78, 5) is 37.8. The van der Waals surface area contributed by atoms with E-state index in [-0.39, 0.29) is 30.8 Å². The molecule has 2 amide bonds. The maximum Gasteiger partial charge on any atom is 0.308 e. The molecule has 1 saturated carbocycles. The highest BCUT2D eigenvalue weighted by Crippen LogP contribution is 2.44. The second-order valence-electron chi connectivity index (χ2n) is 6.86. The van der Waals surface area contributed by atoms with E-state index in [9.17, 15) is 19.5 Å². The van der Waals surface area contributed by atoms with Gasteiger partial charge in [-0.2, -0.15) is 0 Å². The first kappa shape index (κ1) is 18.2. The topological polar surface area (TPSA) is 95.9 Å². The lowest BCUT2D eigenvalue weighted by molar-refractivity contribution is -0.142. The Labute approximate surface area is 152 Å². The maximum absolute atomic E-state index is 12.4. The van der Waals surface area contributed by atoms with Gasteiger partial charge in [-0.3, -0.25) is 14.4 Å². The van der Waals surface area contributed by atoms with E-state index in [0.717, 1.165) is 12.8 Å². The van der Waals surface area contributed by atoms with E-state index in [0.29, 0.717) is 30.4 Å². The lowest BCUT2D eigenvalue weighted by Gasteiger charge is -2.17. The van der Waals surface area contributed by atoms with Crippen LogP contribution in [0.25, 0.3) is 0 Å². The molecule has 140 valence electrons. The van der Waals surface area contributed by atoms with Crippen LogP contribution in [0.4, 0.5) is 0 Å². The summed E-state index contributed by atoms with van der Waals surface area (Å²) in [5.41, 5.74) is 0.378. The van der Waals surface area contributed by atoms with E-state index >= 15 is 0 Å². The summed E-state index contributed by atoms with van der Waals surface area (Å²) in [6.45, 7) is 2.81. The zero-order chi connectivity index (χ0) is 18.7. The van der Waals surface area contributed by atoms with Gasteiger partial charge in [0.2, 0.25) is 5.91 Å². The van der Waals surface area contributed by atoms with Crippen LogP contribution < -0.4 is 10.1 Å². The molecule has 7 nitrogen and oxygen atoms in total. The number of nitrogens with zero attached hydrogens (tertiary/aromatic N) is 1. The van der Waals surface area contributed by atoms with Crippen LogP contribution in [0.2, 0.25) is 0 Å². The zero-order valence-electron chi connectivity index (χ0n) is 14.8. The number of aliphatic carboxylic acids is 1. The summed E-state index contributed by atoms with van der Waals surface area (Å²) >= 11 is 0. The van der Waals surface area contributed by atoms with Crippen molar-refractivity contribution in [1.29, 1.82) is 0 Å². The number of rotatable bonds is 7. The third-order valence-corrected chi connectivity index (χ3v) is 5.09. The molecule has 2 fully saturated rings. The van der Waals surface area contributed by atoms with Gasteiger partial charge in [0.25, 0.3) is 5.91 Å². The number of carboxylic acid groups (broad SMARTS) is 1. The monoisotopic (exact) mass is 360 g/mol. The number of hydrogen-bond acceptors (Lipinski definition) is 4. The molecular formula is C19H24N2O5. The molecule has 1 heterocycles. The molecule has 2 atom stereocenters. The molecule has 1 aromatic rings. The number of carboxylic acids is 1. The zero-order valence-corrected chi connectivity index (χ0v) is 14.8. The second kappa shape index (κ2) is 7.76. The number of ether oxygens (including phenoxy) is 1. The lowest BCUT2D eigenvalue weighted by atomic mass is 9.92. The molecule has 1 saturated heterocycles. The highest BCUT2D eigenvalue weighted by molar-refractivity contribution is 5.98. The summed E-state index contributed by atoms with van der Waals surface area (Å²) in [6, 6.07) is 6.86. The Kier molecular flexibility index (Phi) is 5.44. The van der Waals surface area contributed by atoms with E-state index in [1.54, 1.807) is 29.2 Å². The van der Waals surface area contributed by atoms with Crippen LogP contribution >= 0.6 is 0 Å². The normalized spacial score (nSPS) is 22.1. The van der Waals surface area contributed by atoms with E-state index < -0.39 is 11.9 Å². The molecule has 7 heteroatoms. The van der Waals surface area contributed by atoms with E-state index in [1.165, 1.54) is 0 Å². The highest BCUT2D eigenvalue weighted by Gasteiger charge is 2.46. The quantitative estimate of drug-likeness (QED) is 0.766. The number of hydrogen-bond donors (Lipinski definition) is 2. The maximum atomic E-state index is 12.4. The third-order valence-electron chi connectivity index (χ3n) is 5.09. The number of carbonyl (C=O) groups is 3. The number of benzene rings is 1. The molecule has 0 bridgehead atoms. The molecule has 1 aliphatic carbocycles. The highest BCUT2D eigenvalue weighted by atomic mass is 16.5. The number of carbonyl (C=O) groups excluding carboxylic acids is 2. The first-order valence-electron chi connectivity index (χ1n) is 9.01. The Morgan fingerprint density at radius 2 is 1.96 bits per heavy atom. The number of nitrogens with one attached hydrogen (secondary N) is 1. The molecule has 1 aromatic carbocycles. The van der Waals surface area contributed by atoms with Crippen molar-refractivity contribution in [2.75, 3.05) is 26.2 Å². The number of amides is 2. The van der Waals surface area contributed by atoms with Crippen LogP contribution in [0.15, 0.2) is 24.3 Å². The van der Waals surface area contributed by atoms with Crippen LogP contribution in [0.1, 0.15) is 30.1 Å². The predicted molar refractivity (Wildman–Crippen MR) is 93.9 cm³/mol. The van der Waals surface area contributed by atoms with Gasteiger partial charge < -0.3 is 20.1 Å². The van der Waals surface area contributed by atoms with Gasteiger partial charge in [-0.15, -0.1) is 0 Å². The van der Waals surface area contributed by atoms with Crippen molar-refractivity contribution < 1.29 is 24.2 Å². The Hall–Kier alpha value is -2.57. The fraction of sp³-hybridized carbons (Fsp3) is 0.526. The molecule has 3 rings (SSSR count). The van der Waals surface area contributed by atoms with E-state index in [1.807, 2.05) is 6.92 Å². The fourth-order valence-corrected chi connectivity index (χ4v) is 3.59. The van der Waals surface area contributed by atoms with Crippen molar-refractivity contribution in [3.05, 3.63) is 29.8 Å². The van der Waals surface area contributed by atoms with Gasteiger partial charge in [0, 0.05) is 13.1 Å². The van der Waals surface area contributed by atoms with Crippen molar-refractivity contribution in [1.82, 2.24) is 10.2 Å². The summed E-state index contributed by atoms with van der Waals surface area (Å²) < 4.78 is 5.43. The number of para-hydroxylation sites is 1. The Bertz CT molecular complexity index is 701. The van der Waals surface area contributed by atoms with Crippen LogP contribution in [0, 0.1) is 17.8 Å². The molecule has 0 radical (unpaired) electrons. The summed E-state index contributed by atoms with van der Waals surface area (Å²) in [6.07, 6.45) is 2.09. The molecule has 0 aromatic heterocycles. The van der Waals surface area contributed by atoms with Gasteiger partial charge in [0.15, 0.2) is 0 Å². The van der Waals surface area contributed by atoms with Crippen molar-refractivity contribution in [3.63, 3.8) is 0 Å². The largest absolute Gasteiger partial charge is 0.493 e. The molecule has 0 unspecified atom stereocenters. The molecule has 1 aliphatic heterocycles. The lowest BCUT2D eigenvalue weighted by Crippen LogP contribution is -2.39. The SMILES string of the molecule is CCOc1ccccc1C(=O)NCC(=O)N1C[C@H](C(=O)O)[C@@H](C2CC2)C1. The Morgan fingerprint density at radius 3 is 2.62 bits per heavy atom. The summed E-state index contributed by atoms with van der Waals surface area (Å²) in [5.74, 6) is -1.04. The average molecular weight is 360 g/mol. The smallest absolute Gasteiger partial charge is 0.308 e. The van der Waals surface area contributed by atoms with Gasteiger partial charge in [0.1, 0.15) is 5.75 Å². The van der Waals surface area contributed by atoms with Crippen molar-refractivity contribution in [2.45, 2.75) is 19.8 Å². The van der Waals surface area contributed by atoms with Crippen LogP contribution in [0.5, 0.6) is 5.75 Å². The van der Waals surface area contributed by atoms with Crippen LogP contribution in [0.3, 0.4) is 0 Å². The summed E-state index contributed by atoms with van der Waals surface area (Å²) in [7, 11) is 0. The Morgan fingerprint density at radius 1 is 1.23 bits per heavy atom. The van der Waals surface area contributed by atoms with E-state index in [4.69, 9.17) is 4.74 Å². The summed E-state index contributed by atoms with van der Waals surface area (Å²) in [5, 5.41) is 12.0.